The minimum atomic E-state index is -0.420. The Balaban J connectivity index is 1.59. The van der Waals surface area contributed by atoms with E-state index < -0.39 is 4.92 Å². The predicted molar refractivity (Wildman–Crippen MR) is 114 cm³/mol. The van der Waals surface area contributed by atoms with Gasteiger partial charge in [0.1, 0.15) is 0 Å². The number of nitrogens with zero attached hydrogens (tertiary/aromatic N) is 3. The number of likely N-dealkylation sites (tertiary alicyclic amines) is 1. The van der Waals surface area contributed by atoms with Crippen LogP contribution in [0.25, 0.3) is 0 Å². The van der Waals surface area contributed by atoms with E-state index in [2.05, 4.69) is 39.7 Å². The van der Waals surface area contributed by atoms with Gasteiger partial charge in [-0.25, -0.2) is 0 Å². The van der Waals surface area contributed by atoms with Gasteiger partial charge in [0.25, 0.3) is 0 Å². The Labute approximate surface area is 175 Å². The molecule has 1 N–H and O–H groups in total. The molecule has 0 amide bonds. The van der Waals surface area contributed by atoms with Crippen molar-refractivity contribution in [3.8, 4) is 11.5 Å². The number of hydrogen-bond acceptors (Lipinski definition) is 7. The van der Waals surface area contributed by atoms with Gasteiger partial charge in [0.15, 0.2) is 5.75 Å². The van der Waals surface area contributed by atoms with Crippen molar-refractivity contribution in [3.63, 3.8) is 0 Å². The van der Waals surface area contributed by atoms with Crippen LogP contribution in [0.15, 0.2) is 47.6 Å². The van der Waals surface area contributed by atoms with Crippen molar-refractivity contribution in [1.29, 1.82) is 0 Å². The minimum absolute atomic E-state index is 0.0848. The fourth-order valence-corrected chi connectivity index (χ4v) is 4.27. The summed E-state index contributed by atoms with van der Waals surface area (Å²) in [5.74, 6) is 0.695. The predicted octanol–water partition coefficient (Wildman–Crippen LogP) is 3.52. The molecule has 0 radical (unpaired) electrons. The molecule has 2 aromatic carbocycles. The minimum Gasteiger partial charge on any atom is -0.493 e. The summed E-state index contributed by atoms with van der Waals surface area (Å²) < 4.78 is 10.9. The Morgan fingerprint density at radius 1 is 1.30 bits per heavy atom. The Hall–Kier alpha value is -3.13. The first-order valence-electron chi connectivity index (χ1n) is 10.2. The molecule has 2 atom stereocenters. The van der Waals surface area contributed by atoms with Gasteiger partial charge in [0, 0.05) is 43.8 Å². The standard InChI is InChI=1S/C22H26N4O4/c1-3-30-22-19(26(27)28)11-16(12-20(22)29-2)21-17-14-25(10-9-18(17)23-24-21)13-15-7-5-4-6-8-15/h4-8,11-12,17,21,24H,3,9-10,13-14H2,1-2H3. The first-order valence-corrected chi connectivity index (χ1v) is 10.2. The van der Waals surface area contributed by atoms with E-state index in [9.17, 15) is 10.1 Å². The molecule has 4 rings (SSSR count). The van der Waals surface area contributed by atoms with Crippen LogP contribution < -0.4 is 14.9 Å². The molecule has 2 unspecified atom stereocenters. The van der Waals surface area contributed by atoms with Crippen molar-refractivity contribution in [2.45, 2.75) is 25.9 Å². The van der Waals surface area contributed by atoms with Gasteiger partial charge >= 0.3 is 5.69 Å². The van der Waals surface area contributed by atoms with E-state index in [0.29, 0.717) is 12.4 Å². The molecule has 2 aromatic rings. The first-order chi connectivity index (χ1) is 14.6. The molecule has 8 nitrogen and oxygen atoms in total. The Morgan fingerprint density at radius 2 is 2.10 bits per heavy atom. The van der Waals surface area contributed by atoms with Gasteiger partial charge in [0.2, 0.25) is 5.75 Å². The molecule has 0 aliphatic carbocycles. The number of piperidine rings is 1. The molecule has 1 fully saturated rings. The number of nitro benzene ring substituents is 1. The Morgan fingerprint density at radius 3 is 2.80 bits per heavy atom. The third-order valence-corrected chi connectivity index (χ3v) is 5.69. The molecular formula is C22H26N4O4. The highest BCUT2D eigenvalue weighted by atomic mass is 16.6. The number of hydrazone groups is 1. The van der Waals surface area contributed by atoms with Crippen LogP contribution >= 0.6 is 0 Å². The van der Waals surface area contributed by atoms with Crippen LogP contribution in [-0.4, -0.2) is 42.3 Å². The van der Waals surface area contributed by atoms with Crippen LogP contribution in [0, 0.1) is 16.0 Å². The van der Waals surface area contributed by atoms with Crippen molar-refractivity contribution in [2.24, 2.45) is 11.0 Å². The lowest BCUT2D eigenvalue weighted by atomic mass is 9.86. The second kappa shape index (κ2) is 8.71. The molecule has 8 heteroatoms. The van der Waals surface area contributed by atoms with E-state index in [1.165, 1.54) is 12.7 Å². The van der Waals surface area contributed by atoms with Crippen molar-refractivity contribution in [1.82, 2.24) is 10.3 Å². The summed E-state index contributed by atoms with van der Waals surface area (Å²) in [5, 5.41) is 16.2. The summed E-state index contributed by atoms with van der Waals surface area (Å²) in [4.78, 5) is 13.7. The largest absolute Gasteiger partial charge is 0.493 e. The molecule has 2 aliphatic heterocycles. The normalized spacial score (nSPS) is 20.8. The van der Waals surface area contributed by atoms with Gasteiger partial charge in [0.05, 0.1) is 24.7 Å². The third-order valence-electron chi connectivity index (χ3n) is 5.69. The fraction of sp³-hybridized carbons (Fsp3) is 0.409. The number of fused-ring (bicyclic) bond motifs is 1. The Kier molecular flexibility index (Phi) is 5.85. The zero-order valence-electron chi connectivity index (χ0n) is 17.2. The molecule has 0 bridgehead atoms. The highest BCUT2D eigenvalue weighted by Gasteiger charge is 2.38. The van der Waals surface area contributed by atoms with Crippen molar-refractivity contribution in [3.05, 3.63) is 63.7 Å². The summed E-state index contributed by atoms with van der Waals surface area (Å²) in [6, 6.07) is 13.7. The average Bonchev–Trinajstić information content (AvgIpc) is 3.18. The van der Waals surface area contributed by atoms with E-state index in [4.69, 9.17) is 9.47 Å². The second-order valence-corrected chi connectivity index (χ2v) is 7.55. The van der Waals surface area contributed by atoms with Crippen molar-refractivity contribution >= 4 is 11.4 Å². The van der Waals surface area contributed by atoms with E-state index in [-0.39, 0.29) is 23.4 Å². The second-order valence-electron chi connectivity index (χ2n) is 7.55. The molecule has 2 aliphatic rings. The maximum Gasteiger partial charge on any atom is 0.315 e. The average molecular weight is 410 g/mol. The van der Waals surface area contributed by atoms with Gasteiger partial charge in [-0.2, -0.15) is 5.10 Å². The quantitative estimate of drug-likeness (QED) is 0.555. The Bertz CT molecular complexity index is 948. The summed E-state index contributed by atoms with van der Waals surface area (Å²) >= 11 is 0. The molecule has 30 heavy (non-hydrogen) atoms. The lowest BCUT2D eigenvalue weighted by Crippen LogP contribution is -2.41. The van der Waals surface area contributed by atoms with E-state index in [1.807, 2.05) is 12.1 Å². The third kappa shape index (κ3) is 3.95. The summed E-state index contributed by atoms with van der Waals surface area (Å²) in [6.45, 7) is 4.78. The SMILES string of the molecule is CCOc1c(OC)cc(C2NN=C3CCN(Cc4ccccc4)CC32)cc1[N+](=O)[O-]. The van der Waals surface area contributed by atoms with Crippen LogP contribution in [0.2, 0.25) is 0 Å². The molecule has 158 valence electrons. The molecule has 2 heterocycles. The van der Waals surface area contributed by atoms with Gasteiger partial charge in [-0.05, 0) is 24.1 Å². The number of ether oxygens (including phenoxy) is 2. The van der Waals surface area contributed by atoms with Gasteiger partial charge in [-0.3, -0.25) is 15.0 Å². The molecule has 1 saturated heterocycles. The molecule has 0 saturated carbocycles. The smallest absolute Gasteiger partial charge is 0.315 e. The number of hydrogen-bond donors (Lipinski definition) is 1. The molecule has 0 aromatic heterocycles. The van der Waals surface area contributed by atoms with Crippen LogP contribution in [-0.2, 0) is 6.54 Å². The lowest BCUT2D eigenvalue weighted by Gasteiger charge is -2.33. The topological polar surface area (TPSA) is 89.2 Å². The van der Waals surface area contributed by atoms with Crippen LogP contribution in [0.5, 0.6) is 11.5 Å². The van der Waals surface area contributed by atoms with E-state index in [1.54, 1.807) is 13.0 Å². The highest BCUT2D eigenvalue weighted by molar-refractivity contribution is 5.90. The van der Waals surface area contributed by atoms with Crippen LogP contribution in [0.1, 0.15) is 30.5 Å². The summed E-state index contributed by atoms with van der Waals surface area (Å²) in [5.41, 5.74) is 6.31. The number of nitro groups is 1. The molecular weight excluding hydrogens is 384 g/mol. The lowest BCUT2D eigenvalue weighted by molar-refractivity contribution is -0.386. The number of nitrogens with one attached hydrogen (secondary N) is 1. The van der Waals surface area contributed by atoms with Crippen LogP contribution in [0.3, 0.4) is 0 Å². The number of benzene rings is 2. The zero-order valence-corrected chi connectivity index (χ0v) is 17.2. The monoisotopic (exact) mass is 410 g/mol. The fourth-order valence-electron chi connectivity index (χ4n) is 4.27. The van der Waals surface area contributed by atoms with Gasteiger partial charge in [-0.15, -0.1) is 0 Å². The van der Waals surface area contributed by atoms with Gasteiger partial charge < -0.3 is 14.9 Å². The summed E-state index contributed by atoms with van der Waals surface area (Å²) in [6.07, 6.45) is 0.886. The maximum absolute atomic E-state index is 11.7. The maximum atomic E-state index is 11.7. The zero-order chi connectivity index (χ0) is 21.1. The first kappa shape index (κ1) is 20.2. The van der Waals surface area contributed by atoms with E-state index in [0.717, 1.165) is 37.3 Å². The van der Waals surface area contributed by atoms with Gasteiger partial charge in [-0.1, -0.05) is 30.3 Å². The number of rotatable bonds is 7. The van der Waals surface area contributed by atoms with Crippen molar-refractivity contribution in [2.75, 3.05) is 26.8 Å². The summed E-state index contributed by atoms with van der Waals surface area (Å²) in [7, 11) is 1.50. The number of methoxy groups -OCH3 is 1. The van der Waals surface area contributed by atoms with Crippen molar-refractivity contribution < 1.29 is 14.4 Å². The molecule has 0 spiro atoms. The highest BCUT2D eigenvalue weighted by Crippen LogP contribution is 2.42. The van der Waals surface area contributed by atoms with E-state index >= 15 is 0 Å². The van der Waals surface area contributed by atoms with Crippen LogP contribution in [0.4, 0.5) is 5.69 Å².